The zero-order valence-electron chi connectivity index (χ0n) is 10.7. The lowest BCUT2D eigenvalue weighted by Gasteiger charge is -2.11. The number of aromatic nitrogens is 3. The van der Waals surface area contributed by atoms with E-state index in [1.165, 1.54) is 7.11 Å². The van der Waals surface area contributed by atoms with Gasteiger partial charge in [0.2, 0.25) is 5.69 Å². The fraction of sp³-hybridized carbons (Fsp3) is 0.300. The lowest BCUT2D eigenvalue weighted by molar-refractivity contribution is -0.990. The van der Waals surface area contributed by atoms with E-state index in [1.807, 2.05) is 0 Å². The highest BCUT2D eigenvalue weighted by atomic mass is 16.8. The number of rotatable bonds is 4. The largest absolute Gasteiger partial charge is 0.595 e. The number of quaternary nitrogens is 1. The molecule has 2 aromatic heterocycles. The molecule has 0 fully saturated rings. The predicted molar refractivity (Wildman–Crippen MR) is 64.3 cm³/mol. The van der Waals surface area contributed by atoms with Gasteiger partial charge in [0, 0.05) is 0 Å². The maximum absolute atomic E-state index is 11.8. The number of nitrogens with one attached hydrogen (secondary N) is 3. The second-order valence-electron chi connectivity index (χ2n) is 3.79. The van der Waals surface area contributed by atoms with Crippen molar-refractivity contribution in [1.29, 1.82) is 0 Å². The topological polar surface area (TPSA) is 138 Å². The molecule has 10 nitrogen and oxygen atoms in total. The lowest BCUT2D eigenvalue weighted by Crippen LogP contribution is -2.99. The minimum atomic E-state index is -1.35. The fourth-order valence-electron chi connectivity index (χ4n) is 1.85. The van der Waals surface area contributed by atoms with Crippen LogP contribution in [0.1, 0.15) is 17.4 Å². The minimum absolute atomic E-state index is 0.00977. The van der Waals surface area contributed by atoms with Gasteiger partial charge in [0.1, 0.15) is 10.9 Å². The van der Waals surface area contributed by atoms with Crippen molar-refractivity contribution in [2.75, 3.05) is 13.7 Å². The van der Waals surface area contributed by atoms with Gasteiger partial charge >= 0.3 is 5.97 Å². The van der Waals surface area contributed by atoms with E-state index in [4.69, 9.17) is 9.47 Å². The van der Waals surface area contributed by atoms with E-state index in [-0.39, 0.29) is 39.3 Å². The molecule has 0 spiro atoms. The van der Waals surface area contributed by atoms with Gasteiger partial charge in [-0.3, -0.25) is 0 Å². The van der Waals surface area contributed by atoms with Gasteiger partial charge < -0.3 is 19.7 Å². The summed E-state index contributed by atoms with van der Waals surface area (Å²) in [5.74, 6) is -0.809. The van der Waals surface area contributed by atoms with Gasteiger partial charge in [0.15, 0.2) is 10.2 Å². The normalized spacial score (nSPS) is 12.4. The molecule has 2 aromatic rings. The summed E-state index contributed by atoms with van der Waals surface area (Å²) in [7, 11) is 1.30. The standard InChI is InChI=1S/C10H13N4O6/c1-3-20-10(15)7-8(14(17)18)5-4-13(16)12-9(19-2)6(5)11-7/h4,11,14,17H,3H2,1-2H3,(H,12,16)/q+1. The van der Waals surface area contributed by atoms with Crippen LogP contribution in [0.5, 0.6) is 5.88 Å². The molecule has 4 N–H and O–H groups in total. The number of carbonyl (C=O) groups excluding carboxylic acids is 1. The molecule has 0 radical (unpaired) electrons. The van der Waals surface area contributed by atoms with E-state index < -0.39 is 11.2 Å². The number of hydrogen-bond acceptors (Lipinski definition) is 6. The Kier molecular flexibility index (Phi) is 3.70. The van der Waals surface area contributed by atoms with Crippen molar-refractivity contribution in [3.8, 4) is 5.88 Å². The highest BCUT2D eigenvalue weighted by molar-refractivity contribution is 6.03. The van der Waals surface area contributed by atoms with Gasteiger partial charge in [-0.25, -0.2) is 10.0 Å². The van der Waals surface area contributed by atoms with Gasteiger partial charge in [-0.05, 0) is 6.92 Å². The Morgan fingerprint density at radius 3 is 2.85 bits per heavy atom. The van der Waals surface area contributed by atoms with Crippen molar-refractivity contribution in [3.05, 3.63) is 22.0 Å². The quantitative estimate of drug-likeness (QED) is 0.323. The van der Waals surface area contributed by atoms with Gasteiger partial charge in [-0.15, -0.1) is 0 Å². The van der Waals surface area contributed by atoms with Crippen LogP contribution in [-0.2, 0) is 4.74 Å². The summed E-state index contributed by atoms with van der Waals surface area (Å²) in [6.45, 7) is 1.69. The number of aromatic amines is 2. The van der Waals surface area contributed by atoms with E-state index in [0.29, 0.717) is 0 Å². The van der Waals surface area contributed by atoms with Crippen LogP contribution in [0.25, 0.3) is 10.9 Å². The van der Waals surface area contributed by atoms with Crippen molar-refractivity contribution in [3.63, 3.8) is 0 Å². The molecule has 1 atom stereocenters. The Bertz CT molecular complexity index is 704. The van der Waals surface area contributed by atoms with Crippen LogP contribution < -0.4 is 14.5 Å². The van der Waals surface area contributed by atoms with Crippen LogP contribution in [0.2, 0.25) is 0 Å². The Morgan fingerprint density at radius 2 is 2.30 bits per heavy atom. The first-order valence-corrected chi connectivity index (χ1v) is 5.65. The van der Waals surface area contributed by atoms with Gasteiger partial charge in [0.25, 0.3) is 12.1 Å². The van der Waals surface area contributed by atoms with E-state index in [0.717, 1.165) is 6.20 Å². The number of carbonyl (C=O) groups is 1. The number of nitrogens with zero attached hydrogens (tertiary/aromatic N) is 1. The molecule has 20 heavy (non-hydrogen) atoms. The van der Waals surface area contributed by atoms with Crippen LogP contribution in [-0.4, -0.2) is 35.0 Å². The molecule has 2 rings (SSSR count). The highest BCUT2D eigenvalue weighted by Gasteiger charge is 2.29. The smallest absolute Gasteiger partial charge is 0.361 e. The average Bonchev–Trinajstić information content (AvgIpc) is 2.77. The zero-order valence-corrected chi connectivity index (χ0v) is 10.7. The van der Waals surface area contributed by atoms with Crippen molar-refractivity contribution in [1.82, 2.24) is 10.1 Å². The molecule has 0 amide bonds. The van der Waals surface area contributed by atoms with E-state index in [1.54, 1.807) is 6.92 Å². The van der Waals surface area contributed by atoms with Crippen molar-refractivity contribution < 1.29 is 29.2 Å². The summed E-state index contributed by atoms with van der Waals surface area (Å²) in [6, 6.07) is 0. The second kappa shape index (κ2) is 5.28. The first kappa shape index (κ1) is 14.0. The van der Waals surface area contributed by atoms with Gasteiger partial charge in [0.05, 0.1) is 18.6 Å². The third-order valence-electron chi connectivity index (χ3n) is 2.62. The third kappa shape index (κ3) is 2.22. The van der Waals surface area contributed by atoms with E-state index >= 15 is 0 Å². The molecule has 0 saturated carbocycles. The average molecular weight is 285 g/mol. The molecule has 0 saturated heterocycles. The zero-order chi connectivity index (χ0) is 14.9. The summed E-state index contributed by atoms with van der Waals surface area (Å²) in [5, 5.41) is 21.6. The number of ether oxygens (including phenoxy) is 2. The van der Waals surface area contributed by atoms with Gasteiger partial charge in [-0.1, -0.05) is 5.10 Å². The first-order valence-electron chi connectivity index (χ1n) is 5.65. The SMILES string of the molecule is CCOC(=O)c1[nH]c2c(OC)[nH][n+](=O)cc2c1[NH+]([O-])O. The number of H-pyrrole nitrogens is 2. The van der Waals surface area contributed by atoms with Crippen molar-refractivity contribution in [2.24, 2.45) is 0 Å². The van der Waals surface area contributed by atoms with Crippen LogP contribution in [0, 0.1) is 10.1 Å². The maximum Gasteiger partial charge on any atom is 0.361 e. The van der Waals surface area contributed by atoms with E-state index in [9.17, 15) is 20.1 Å². The molecular weight excluding hydrogens is 272 g/mol. The second-order valence-corrected chi connectivity index (χ2v) is 3.79. The van der Waals surface area contributed by atoms with Crippen molar-refractivity contribution in [2.45, 2.75) is 6.92 Å². The monoisotopic (exact) mass is 285 g/mol. The predicted octanol–water partition coefficient (Wildman–Crippen LogP) is -1.00. The summed E-state index contributed by atoms with van der Waals surface area (Å²) < 4.78 is 10.0. The van der Waals surface area contributed by atoms with E-state index in [2.05, 4.69) is 10.1 Å². The minimum Gasteiger partial charge on any atom is -0.595 e. The maximum atomic E-state index is 11.8. The van der Waals surface area contributed by atoms with Crippen LogP contribution in [0.15, 0.2) is 6.20 Å². The molecule has 0 aliphatic carbocycles. The lowest BCUT2D eigenvalue weighted by atomic mass is 10.3. The van der Waals surface area contributed by atoms with Gasteiger partial charge in [-0.2, -0.15) is 5.23 Å². The highest BCUT2D eigenvalue weighted by Crippen LogP contribution is 2.28. The molecule has 0 aromatic carbocycles. The fourth-order valence-corrected chi connectivity index (χ4v) is 1.85. The molecule has 1 unspecified atom stereocenters. The number of methoxy groups -OCH3 is 1. The molecule has 108 valence electrons. The molecule has 2 heterocycles. The number of hydrogen-bond donors (Lipinski definition) is 4. The van der Waals surface area contributed by atoms with Crippen LogP contribution in [0.4, 0.5) is 5.69 Å². The summed E-state index contributed by atoms with van der Waals surface area (Å²) in [6.07, 6.45) is 1.00. The Hall–Kier alpha value is -2.43. The first-order chi connectivity index (χ1) is 9.49. The molecule has 0 bridgehead atoms. The number of fused-ring (bicyclic) bond motifs is 1. The summed E-state index contributed by atoms with van der Waals surface area (Å²) in [4.78, 5) is 25.8. The summed E-state index contributed by atoms with van der Waals surface area (Å²) >= 11 is 0. The number of esters is 1. The molecular formula is C10H13N4O6+. The molecule has 0 aliphatic rings. The Labute approximate surface area is 111 Å². The van der Waals surface area contributed by atoms with Crippen LogP contribution >= 0.6 is 0 Å². The molecule has 0 aliphatic heterocycles. The van der Waals surface area contributed by atoms with Crippen molar-refractivity contribution >= 4 is 22.6 Å². The summed E-state index contributed by atoms with van der Waals surface area (Å²) in [5.41, 5.74) is -0.386. The Morgan fingerprint density at radius 1 is 1.60 bits per heavy atom. The third-order valence-corrected chi connectivity index (χ3v) is 2.62. The Balaban J connectivity index is 2.79. The molecule has 10 heteroatoms. The van der Waals surface area contributed by atoms with Crippen LogP contribution in [0.3, 0.4) is 0 Å².